The lowest BCUT2D eigenvalue weighted by molar-refractivity contribution is -0.385. The molecule has 0 aliphatic heterocycles. The normalized spacial score (nSPS) is 11.9. The third-order valence-electron chi connectivity index (χ3n) is 2.45. The molecule has 0 fully saturated rings. The molecule has 0 spiro atoms. The number of amides is 1. The molecule has 0 saturated heterocycles. The number of nitro benzene ring substituents is 1. The fourth-order valence-electron chi connectivity index (χ4n) is 1.52. The molecule has 1 rings (SSSR count). The zero-order valence-electron chi connectivity index (χ0n) is 10.8. The summed E-state index contributed by atoms with van der Waals surface area (Å²) in [5.74, 6) is -1.37. The van der Waals surface area contributed by atoms with E-state index >= 15 is 0 Å². The van der Waals surface area contributed by atoms with Crippen molar-refractivity contribution in [3.8, 4) is 0 Å². The largest absolute Gasteiger partial charge is 0.384 e. The van der Waals surface area contributed by atoms with Crippen LogP contribution in [0.3, 0.4) is 0 Å². The molecule has 0 radical (unpaired) electrons. The van der Waals surface area contributed by atoms with E-state index in [1.165, 1.54) is 0 Å². The number of hydrogen-bond donors (Lipinski definition) is 1. The number of halogens is 2. The van der Waals surface area contributed by atoms with Gasteiger partial charge in [-0.1, -0.05) is 15.9 Å². The van der Waals surface area contributed by atoms with Gasteiger partial charge < -0.3 is 10.1 Å². The van der Waals surface area contributed by atoms with Crippen molar-refractivity contribution in [2.24, 2.45) is 0 Å². The molecule has 0 bridgehead atoms. The third-order valence-corrected chi connectivity index (χ3v) is 3.17. The summed E-state index contributed by atoms with van der Waals surface area (Å²) < 4.78 is 18.1. The van der Waals surface area contributed by atoms with E-state index in [2.05, 4.69) is 21.2 Å². The smallest absolute Gasteiger partial charge is 0.273 e. The fraction of sp³-hybridized carbons (Fsp3) is 0.417. The maximum absolute atomic E-state index is 13.2. The monoisotopic (exact) mass is 348 g/mol. The Morgan fingerprint density at radius 1 is 1.55 bits per heavy atom. The number of hydrogen-bond acceptors (Lipinski definition) is 4. The lowest BCUT2D eigenvalue weighted by Crippen LogP contribution is -2.27. The number of alkyl halides is 1. The van der Waals surface area contributed by atoms with Gasteiger partial charge in [-0.25, -0.2) is 4.39 Å². The second-order valence-corrected chi connectivity index (χ2v) is 5.35. The lowest BCUT2D eigenvalue weighted by Gasteiger charge is -2.09. The van der Waals surface area contributed by atoms with Gasteiger partial charge in [-0.05, 0) is 12.5 Å². The Labute approximate surface area is 123 Å². The number of benzene rings is 1. The molecule has 110 valence electrons. The predicted molar refractivity (Wildman–Crippen MR) is 74.6 cm³/mol. The number of methoxy groups -OCH3 is 1. The van der Waals surface area contributed by atoms with Crippen LogP contribution in [0.2, 0.25) is 0 Å². The molecule has 8 heteroatoms. The van der Waals surface area contributed by atoms with Gasteiger partial charge in [0.1, 0.15) is 5.82 Å². The number of nitro groups is 1. The highest BCUT2D eigenvalue weighted by Gasteiger charge is 2.14. The number of non-ortho nitro benzene ring substituents is 1. The summed E-state index contributed by atoms with van der Waals surface area (Å²) in [4.78, 5) is 21.7. The minimum Gasteiger partial charge on any atom is -0.384 e. The van der Waals surface area contributed by atoms with Crippen molar-refractivity contribution in [3.05, 3.63) is 39.7 Å². The molecule has 0 heterocycles. The van der Waals surface area contributed by atoms with E-state index in [0.29, 0.717) is 19.6 Å². The zero-order valence-corrected chi connectivity index (χ0v) is 12.4. The van der Waals surface area contributed by atoms with E-state index in [4.69, 9.17) is 4.74 Å². The molecule has 0 aliphatic carbocycles. The van der Waals surface area contributed by atoms with Crippen molar-refractivity contribution in [1.82, 2.24) is 5.32 Å². The molecule has 1 aromatic rings. The number of nitrogens with one attached hydrogen (secondary N) is 1. The SMILES string of the molecule is COCC(Br)CCNC(=O)c1cc(F)cc([N+](=O)[O-])c1. The van der Waals surface area contributed by atoms with E-state index in [9.17, 15) is 19.3 Å². The van der Waals surface area contributed by atoms with Gasteiger partial charge in [-0.3, -0.25) is 14.9 Å². The van der Waals surface area contributed by atoms with Crippen LogP contribution in [0.1, 0.15) is 16.8 Å². The van der Waals surface area contributed by atoms with Gasteiger partial charge >= 0.3 is 0 Å². The summed E-state index contributed by atoms with van der Waals surface area (Å²) in [6, 6.07) is 2.77. The minimum absolute atomic E-state index is 0.0745. The van der Waals surface area contributed by atoms with Crippen LogP contribution in [-0.2, 0) is 4.74 Å². The molecule has 1 unspecified atom stereocenters. The Hall–Kier alpha value is -1.54. The van der Waals surface area contributed by atoms with Crippen molar-refractivity contribution in [2.75, 3.05) is 20.3 Å². The number of ether oxygens (including phenoxy) is 1. The molecule has 1 amide bonds. The molecule has 0 aromatic heterocycles. The first kappa shape index (κ1) is 16.5. The Bertz CT molecular complexity index is 498. The van der Waals surface area contributed by atoms with E-state index in [1.54, 1.807) is 7.11 Å². The highest BCUT2D eigenvalue weighted by atomic mass is 79.9. The van der Waals surface area contributed by atoms with Crippen molar-refractivity contribution < 1.29 is 18.8 Å². The number of rotatable bonds is 7. The van der Waals surface area contributed by atoms with Gasteiger partial charge in [0.25, 0.3) is 11.6 Å². The number of carbonyl (C=O) groups is 1. The van der Waals surface area contributed by atoms with E-state index in [1.807, 2.05) is 0 Å². The minimum atomic E-state index is -0.817. The van der Waals surface area contributed by atoms with Gasteiger partial charge in [-0.2, -0.15) is 0 Å². The highest BCUT2D eigenvalue weighted by Crippen LogP contribution is 2.16. The van der Waals surface area contributed by atoms with Gasteiger partial charge in [-0.15, -0.1) is 0 Å². The van der Waals surface area contributed by atoms with Crippen molar-refractivity contribution in [3.63, 3.8) is 0 Å². The van der Waals surface area contributed by atoms with Crippen molar-refractivity contribution >= 4 is 27.5 Å². The zero-order chi connectivity index (χ0) is 15.1. The topological polar surface area (TPSA) is 81.5 Å². The van der Waals surface area contributed by atoms with Crippen LogP contribution >= 0.6 is 15.9 Å². The first-order valence-corrected chi connectivity index (χ1v) is 6.71. The van der Waals surface area contributed by atoms with Crippen LogP contribution in [0.5, 0.6) is 0 Å². The van der Waals surface area contributed by atoms with Crippen LogP contribution in [0, 0.1) is 15.9 Å². The number of carbonyl (C=O) groups excluding carboxylic acids is 1. The molecule has 1 N–H and O–H groups in total. The average molecular weight is 349 g/mol. The Morgan fingerprint density at radius 3 is 2.85 bits per heavy atom. The quantitative estimate of drug-likeness (QED) is 0.465. The average Bonchev–Trinajstić information content (AvgIpc) is 2.38. The van der Waals surface area contributed by atoms with Gasteiger partial charge in [0, 0.05) is 30.1 Å². The van der Waals surface area contributed by atoms with Gasteiger partial charge in [0.2, 0.25) is 0 Å². The van der Waals surface area contributed by atoms with Crippen molar-refractivity contribution in [2.45, 2.75) is 11.2 Å². The summed E-state index contributed by atoms with van der Waals surface area (Å²) >= 11 is 3.36. The van der Waals surface area contributed by atoms with Crippen LogP contribution in [-0.4, -0.2) is 35.9 Å². The maximum Gasteiger partial charge on any atom is 0.273 e. The summed E-state index contributed by atoms with van der Waals surface area (Å²) in [5.41, 5.74) is -0.525. The summed E-state index contributed by atoms with van der Waals surface area (Å²) in [6.45, 7) is 0.851. The molecule has 0 aliphatic rings. The summed E-state index contributed by atoms with van der Waals surface area (Å²) in [6.07, 6.45) is 0.622. The molecular formula is C12H14BrFN2O4. The molecule has 6 nitrogen and oxygen atoms in total. The Kier molecular flexibility index (Phi) is 6.53. The van der Waals surface area contributed by atoms with Gasteiger partial charge in [0.15, 0.2) is 0 Å². The Balaban J connectivity index is 2.61. The molecular weight excluding hydrogens is 335 g/mol. The van der Waals surface area contributed by atoms with Crippen LogP contribution in [0.15, 0.2) is 18.2 Å². The second kappa shape index (κ2) is 7.91. The summed E-state index contributed by atoms with van der Waals surface area (Å²) in [7, 11) is 1.57. The molecule has 0 saturated carbocycles. The van der Waals surface area contributed by atoms with E-state index in [-0.39, 0.29) is 10.4 Å². The molecule has 20 heavy (non-hydrogen) atoms. The second-order valence-electron chi connectivity index (χ2n) is 4.05. The molecule has 1 aromatic carbocycles. The lowest BCUT2D eigenvalue weighted by atomic mass is 10.2. The fourth-order valence-corrected chi connectivity index (χ4v) is 2.01. The van der Waals surface area contributed by atoms with Crippen LogP contribution in [0.25, 0.3) is 0 Å². The maximum atomic E-state index is 13.2. The Morgan fingerprint density at radius 2 is 2.25 bits per heavy atom. The molecule has 1 atom stereocenters. The predicted octanol–water partition coefficient (Wildman–Crippen LogP) is 2.26. The highest BCUT2D eigenvalue weighted by molar-refractivity contribution is 9.09. The van der Waals surface area contributed by atoms with Crippen LogP contribution in [0.4, 0.5) is 10.1 Å². The van der Waals surface area contributed by atoms with Gasteiger partial charge in [0.05, 0.1) is 17.6 Å². The van der Waals surface area contributed by atoms with Crippen LogP contribution < -0.4 is 5.32 Å². The first-order chi connectivity index (χ1) is 9.43. The first-order valence-electron chi connectivity index (χ1n) is 5.80. The third kappa shape index (κ3) is 5.22. The van der Waals surface area contributed by atoms with Crippen molar-refractivity contribution in [1.29, 1.82) is 0 Å². The van der Waals surface area contributed by atoms with E-state index < -0.39 is 22.3 Å². The van der Waals surface area contributed by atoms with E-state index in [0.717, 1.165) is 18.2 Å². The standard InChI is InChI=1S/C12H14BrFN2O4/c1-20-7-9(13)2-3-15-12(17)8-4-10(14)6-11(5-8)16(18)19/h4-6,9H,2-3,7H2,1H3,(H,15,17). The number of nitrogens with zero attached hydrogens (tertiary/aromatic N) is 1. The summed E-state index contributed by atoms with van der Waals surface area (Å²) in [5, 5.41) is 13.2.